The summed E-state index contributed by atoms with van der Waals surface area (Å²) in [4.78, 5) is 32.7. The monoisotopic (exact) mass is 469 g/mol. The van der Waals surface area contributed by atoms with E-state index in [0.717, 1.165) is 36.8 Å². The molecular formula is C29H31N3O3. The summed E-state index contributed by atoms with van der Waals surface area (Å²) < 4.78 is 7.88. The summed E-state index contributed by atoms with van der Waals surface area (Å²) in [5.74, 6) is 0.516. The van der Waals surface area contributed by atoms with Crippen molar-refractivity contribution >= 4 is 12.0 Å². The fraction of sp³-hybridized carbons (Fsp3) is 0.345. The van der Waals surface area contributed by atoms with Gasteiger partial charge >= 0.3 is 5.56 Å². The number of rotatable bonds is 7. The largest absolute Gasteiger partial charge is 0.481 e. The highest BCUT2D eigenvalue weighted by Gasteiger charge is 2.39. The van der Waals surface area contributed by atoms with Gasteiger partial charge in [0, 0.05) is 32.0 Å². The first-order valence-electron chi connectivity index (χ1n) is 12.3. The van der Waals surface area contributed by atoms with Crippen LogP contribution in [0.15, 0.2) is 66.0 Å². The number of hydrogen-bond acceptors (Lipinski definition) is 4. The molecule has 2 aromatic carbocycles. The Morgan fingerprint density at radius 1 is 1.06 bits per heavy atom. The number of amides is 1. The molecule has 3 aromatic rings. The van der Waals surface area contributed by atoms with Crippen LogP contribution in [0.3, 0.4) is 0 Å². The first kappa shape index (κ1) is 23.1. The molecule has 0 atom stereocenters. The molecule has 6 heteroatoms. The molecule has 0 unspecified atom stereocenters. The summed E-state index contributed by atoms with van der Waals surface area (Å²) in [7, 11) is 1.76. The molecule has 180 valence electrons. The van der Waals surface area contributed by atoms with Crippen LogP contribution >= 0.6 is 0 Å². The summed E-state index contributed by atoms with van der Waals surface area (Å²) in [5, 5.41) is 0. The second-order valence-corrected chi connectivity index (χ2v) is 9.66. The van der Waals surface area contributed by atoms with E-state index in [1.165, 1.54) is 5.56 Å². The molecule has 0 spiro atoms. The highest BCUT2D eigenvalue weighted by Crippen LogP contribution is 2.44. The average Bonchev–Trinajstić information content (AvgIpc) is 3.36. The van der Waals surface area contributed by atoms with Gasteiger partial charge in [-0.25, -0.2) is 0 Å². The molecule has 0 saturated heterocycles. The molecule has 0 radical (unpaired) electrons. The summed E-state index contributed by atoms with van der Waals surface area (Å²) in [5.41, 5.74) is 3.00. The maximum atomic E-state index is 13.3. The third-order valence-corrected chi connectivity index (χ3v) is 7.45. The lowest BCUT2D eigenvalue weighted by atomic mass is 9.75. The minimum absolute atomic E-state index is 0.0447. The number of hydrogen-bond donors (Lipinski definition) is 0. The first-order valence-corrected chi connectivity index (χ1v) is 12.3. The van der Waals surface area contributed by atoms with E-state index in [0.29, 0.717) is 31.0 Å². The van der Waals surface area contributed by atoms with Crippen LogP contribution in [0.5, 0.6) is 5.75 Å². The van der Waals surface area contributed by atoms with E-state index in [1.807, 2.05) is 41.0 Å². The second kappa shape index (κ2) is 9.53. The standard InChI is InChI=1S/C29H31N3O3/c1-3-21-12-9-13-23(18-21)29(14-7-8-15-29)19-24-30-27(33)26(35-20-22-10-5-4-6-11-22)25-28(34)31(2)16-17-32(24)25/h3-6,9-13,18H,1,7-8,14-17,19-20H2,2H3. The molecule has 0 N–H and O–H groups in total. The van der Waals surface area contributed by atoms with Gasteiger partial charge in [0.15, 0.2) is 5.69 Å². The van der Waals surface area contributed by atoms with Crippen LogP contribution in [-0.4, -0.2) is 34.0 Å². The summed E-state index contributed by atoms with van der Waals surface area (Å²) in [6.07, 6.45) is 6.80. The number of likely N-dealkylation sites (N-methyl/N-ethyl adjacent to an activating group) is 1. The molecule has 2 heterocycles. The molecule has 1 saturated carbocycles. The summed E-state index contributed by atoms with van der Waals surface area (Å²) >= 11 is 0. The number of carbonyl (C=O) groups excluding carboxylic acids is 1. The third-order valence-electron chi connectivity index (χ3n) is 7.45. The molecule has 1 aliphatic heterocycles. The predicted octanol–water partition coefficient (Wildman–Crippen LogP) is 4.61. The quantitative estimate of drug-likeness (QED) is 0.507. The van der Waals surface area contributed by atoms with Gasteiger partial charge < -0.3 is 14.2 Å². The third kappa shape index (κ3) is 4.41. The normalized spacial score (nSPS) is 16.7. The maximum absolute atomic E-state index is 13.3. The SMILES string of the molecule is C=Cc1cccc(C2(Cc3nc(=O)c(OCc4ccccc4)c4n3CCN(C)C4=O)CCCC2)c1. The first-order chi connectivity index (χ1) is 17.0. The predicted molar refractivity (Wildman–Crippen MR) is 137 cm³/mol. The van der Waals surface area contributed by atoms with Crippen molar-refractivity contribution < 1.29 is 9.53 Å². The van der Waals surface area contributed by atoms with Crippen LogP contribution in [0.1, 0.15) is 58.7 Å². The summed E-state index contributed by atoms with van der Waals surface area (Å²) in [6.45, 7) is 5.29. The number of nitrogens with zero attached hydrogens (tertiary/aromatic N) is 3. The average molecular weight is 470 g/mol. The zero-order valence-electron chi connectivity index (χ0n) is 20.2. The van der Waals surface area contributed by atoms with Crippen molar-refractivity contribution in [2.24, 2.45) is 0 Å². The smallest absolute Gasteiger partial charge is 0.316 e. The van der Waals surface area contributed by atoms with Gasteiger partial charge in [0.2, 0.25) is 5.75 Å². The fourth-order valence-corrected chi connectivity index (χ4v) is 5.48. The van der Waals surface area contributed by atoms with E-state index in [2.05, 4.69) is 35.8 Å². The van der Waals surface area contributed by atoms with Crippen molar-refractivity contribution in [3.63, 3.8) is 0 Å². The van der Waals surface area contributed by atoms with E-state index in [4.69, 9.17) is 4.74 Å². The van der Waals surface area contributed by atoms with Crippen LogP contribution in [-0.2, 0) is 25.0 Å². The van der Waals surface area contributed by atoms with Gasteiger partial charge in [-0.15, -0.1) is 0 Å². The number of ether oxygens (including phenoxy) is 1. The maximum Gasteiger partial charge on any atom is 0.316 e. The Hall–Kier alpha value is -3.67. The van der Waals surface area contributed by atoms with Crippen molar-refractivity contribution in [2.45, 2.75) is 50.7 Å². The highest BCUT2D eigenvalue weighted by atomic mass is 16.5. The lowest BCUT2D eigenvalue weighted by molar-refractivity contribution is 0.0734. The minimum Gasteiger partial charge on any atom is -0.481 e. The van der Waals surface area contributed by atoms with E-state index in [1.54, 1.807) is 11.9 Å². The van der Waals surface area contributed by atoms with Crippen LogP contribution in [0.4, 0.5) is 0 Å². The molecule has 1 aliphatic carbocycles. The Kier molecular flexibility index (Phi) is 6.29. The Morgan fingerprint density at radius 3 is 2.57 bits per heavy atom. The zero-order valence-corrected chi connectivity index (χ0v) is 20.2. The van der Waals surface area contributed by atoms with Crippen molar-refractivity contribution in [3.05, 3.63) is 99.7 Å². The minimum atomic E-state index is -0.473. The fourth-order valence-electron chi connectivity index (χ4n) is 5.48. The van der Waals surface area contributed by atoms with Crippen LogP contribution < -0.4 is 10.3 Å². The van der Waals surface area contributed by atoms with Crippen molar-refractivity contribution in [1.29, 1.82) is 0 Å². The van der Waals surface area contributed by atoms with Crippen LogP contribution in [0, 0.1) is 0 Å². The lowest BCUT2D eigenvalue weighted by Crippen LogP contribution is -2.42. The van der Waals surface area contributed by atoms with Gasteiger partial charge in [0.25, 0.3) is 5.91 Å². The van der Waals surface area contributed by atoms with E-state index in [9.17, 15) is 9.59 Å². The number of carbonyl (C=O) groups is 1. The second-order valence-electron chi connectivity index (χ2n) is 9.66. The number of benzene rings is 2. The van der Waals surface area contributed by atoms with E-state index >= 15 is 0 Å². The highest BCUT2D eigenvalue weighted by molar-refractivity contribution is 5.95. The molecular weight excluding hydrogens is 438 g/mol. The molecule has 2 aliphatic rings. The van der Waals surface area contributed by atoms with Gasteiger partial charge in [-0.2, -0.15) is 4.98 Å². The number of aromatic nitrogens is 2. The Morgan fingerprint density at radius 2 is 1.83 bits per heavy atom. The summed E-state index contributed by atoms with van der Waals surface area (Å²) in [6, 6.07) is 18.1. The Balaban J connectivity index is 1.56. The van der Waals surface area contributed by atoms with Crippen molar-refractivity contribution in [3.8, 4) is 5.75 Å². The van der Waals surface area contributed by atoms with Gasteiger partial charge in [0.1, 0.15) is 12.4 Å². The molecule has 6 nitrogen and oxygen atoms in total. The van der Waals surface area contributed by atoms with Gasteiger partial charge in [0.05, 0.1) is 0 Å². The molecule has 1 amide bonds. The molecule has 1 fully saturated rings. The van der Waals surface area contributed by atoms with Gasteiger partial charge in [-0.1, -0.05) is 80.1 Å². The van der Waals surface area contributed by atoms with E-state index in [-0.39, 0.29) is 23.7 Å². The van der Waals surface area contributed by atoms with Crippen molar-refractivity contribution in [1.82, 2.24) is 14.5 Å². The van der Waals surface area contributed by atoms with Crippen LogP contribution in [0.2, 0.25) is 0 Å². The number of fused-ring (bicyclic) bond motifs is 1. The van der Waals surface area contributed by atoms with Crippen molar-refractivity contribution in [2.75, 3.05) is 13.6 Å². The molecule has 5 rings (SSSR count). The van der Waals surface area contributed by atoms with Crippen LogP contribution in [0.25, 0.3) is 6.08 Å². The van der Waals surface area contributed by atoms with E-state index < -0.39 is 5.56 Å². The molecule has 0 bridgehead atoms. The molecule has 1 aromatic heterocycles. The van der Waals surface area contributed by atoms with Gasteiger partial charge in [-0.3, -0.25) is 9.59 Å². The lowest BCUT2D eigenvalue weighted by Gasteiger charge is -2.34. The Bertz CT molecular complexity index is 1310. The molecule has 35 heavy (non-hydrogen) atoms. The van der Waals surface area contributed by atoms with Gasteiger partial charge in [-0.05, 0) is 29.5 Å². The topological polar surface area (TPSA) is 64.4 Å². The Labute approximate surface area is 205 Å². The zero-order chi connectivity index (χ0) is 24.4.